The second-order valence-corrected chi connectivity index (χ2v) is 25.8. The highest BCUT2D eigenvalue weighted by Crippen LogP contribution is 2.35. The smallest absolute Gasteiger partial charge is 0.243 e. The average molecular weight is 1250 g/mol. The average Bonchev–Trinajstić information content (AvgIpc) is 1.49. The molecule has 92 heavy (non-hydrogen) atoms. The first-order valence-electron chi connectivity index (χ1n) is 31.7. The van der Waals surface area contributed by atoms with Gasteiger partial charge in [0.25, 0.3) is 0 Å². The maximum absolute atomic E-state index is 15.7. The Hall–Kier alpha value is -9.36. The molecule has 3 N–H and O–H groups in total. The Morgan fingerprint density at radius 3 is 0.880 bits per heavy atom. The quantitative estimate of drug-likeness (QED) is 0.0309. The second kappa shape index (κ2) is 34.2. The number of nitrogens with zero attached hydrogens (tertiary/aromatic N) is 5. The Morgan fingerprint density at radius 1 is 0.348 bits per heavy atom. The summed E-state index contributed by atoms with van der Waals surface area (Å²) in [6.45, 7) is 9.35. The summed E-state index contributed by atoms with van der Waals surface area (Å²) in [5.74, 6) is -4.63. The van der Waals surface area contributed by atoms with Crippen molar-refractivity contribution in [3.8, 4) is 0 Å². The lowest BCUT2D eigenvalue weighted by molar-refractivity contribution is -0.151. The van der Waals surface area contributed by atoms with Crippen LogP contribution in [0, 0.1) is 5.92 Å². The van der Waals surface area contributed by atoms with Crippen LogP contribution in [-0.4, -0.2) is 118 Å². The number of ketones is 1. The molecule has 0 saturated carbocycles. The summed E-state index contributed by atoms with van der Waals surface area (Å²) in [5, 5.41) is 5.94. The van der Waals surface area contributed by atoms with Crippen LogP contribution in [0.25, 0.3) is 0 Å². The molecule has 0 aliphatic heterocycles. The van der Waals surface area contributed by atoms with Crippen molar-refractivity contribution >= 4 is 59.8 Å². The zero-order valence-electron chi connectivity index (χ0n) is 53.6. The van der Waals surface area contributed by atoms with Crippen molar-refractivity contribution in [3.05, 3.63) is 276 Å². The number of amides is 6. The van der Waals surface area contributed by atoms with Gasteiger partial charge in [-0.15, -0.1) is 0 Å². The number of carbonyl (C=O) groups excluding carboxylic acids is 7. The highest BCUT2D eigenvalue weighted by atomic mass is 31.1. The number of benzene rings is 8. The molecule has 476 valence electrons. The van der Waals surface area contributed by atoms with Crippen LogP contribution < -0.4 is 21.7 Å². The van der Waals surface area contributed by atoms with Gasteiger partial charge in [-0.05, 0) is 98.6 Å². The lowest BCUT2D eigenvalue weighted by Crippen LogP contribution is -2.52. The van der Waals surface area contributed by atoms with Crippen LogP contribution >= 0.6 is 7.92 Å². The van der Waals surface area contributed by atoms with Crippen molar-refractivity contribution in [2.75, 3.05) is 52.0 Å². The van der Waals surface area contributed by atoms with E-state index in [1.165, 1.54) is 35.1 Å². The third-order valence-corrected chi connectivity index (χ3v) is 20.1. The van der Waals surface area contributed by atoms with Crippen molar-refractivity contribution < 1.29 is 33.6 Å². The van der Waals surface area contributed by atoms with Crippen molar-refractivity contribution in [2.24, 2.45) is 11.7 Å². The molecule has 1 unspecified atom stereocenters. The summed E-state index contributed by atoms with van der Waals surface area (Å²) in [7, 11) is -0.724. The van der Waals surface area contributed by atoms with Crippen molar-refractivity contribution in [1.29, 1.82) is 0 Å². The molecule has 0 bridgehead atoms. The summed E-state index contributed by atoms with van der Waals surface area (Å²) >= 11 is 0. The molecular weight excluding hydrogens is 1170 g/mol. The molecule has 0 aromatic heterocycles. The molecule has 0 heterocycles. The molecule has 0 fully saturated rings. The minimum Gasteiger partial charge on any atom is -0.368 e. The molecule has 0 aliphatic rings. The molecule has 8 rings (SSSR count). The maximum Gasteiger partial charge on any atom is 0.243 e. The molecule has 0 spiro atoms. The largest absolute Gasteiger partial charge is 0.368 e. The van der Waals surface area contributed by atoms with Crippen LogP contribution in [0.3, 0.4) is 0 Å². The number of rotatable bonds is 32. The Kier molecular flexibility index (Phi) is 25.5. The van der Waals surface area contributed by atoms with Gasteiger partial charge in [-0.3, -0.25) is 33.6 Å². The standard InChI is InChI=1S/C77H86N7O7P/c1-56(62-31-15-7-16-32-62)70(71(85)50-79-47-48-92(68-43-27-13-28-44-68)69-45-29-14-30-46-69)49-73(87)81(58(3)64-35-19-9-20-36-64)52-75(89)83(60(5)66-39-23-11-24-40-66)54-77(91)84(61(6)67-41-25-12-26-42-67)55-76(90)82(59(4)65-37-21-10-22-38-65)53-74(88)80(51-72(78)86)57(2)63-33-17-8-18-34-63/h7-46,56-61,70,79H,47-55H2,1-6H3,(H2,78,86)/t56-,57-,58-,59-,60-,61-,70?/m0/s1. The molecule has 7 atom stereocenters. The molecule has 0 aliphatic carbocycles. The number of hydrogen-bond donors (Lipinski definition) is 2. The van der Waals surface area contributed by atoms with Gasteiger partial charge in [0.2, 0.25) is 35.4 Å². The third-order valence-electron chi connectivity index (χ3n) is 17.6. The van der Waals surface area contributed by atoms with Gasteiger partial charge < -0.3 is 35.6 Å². The number of primary amides is 1. The minimum atomic E-state index is -0.785. The zero-order valence-corrected chi connectivity index (χ0v) is 54.5. The van der Waals surface area contributed by atoms with E-state index < -0.39 is 112 Å². The van der Waals surface area contributed by atoms with E-state index in [-0.39, 0.29) is 24.7 Å². The van der Waals surface area contributed by atoms with Crippen molar-refractivity contribution in [3.63, 3.8) is 0 Å². The van der Waals surface area contributed by atoms with Gasteiger partial charge in [0.05, 0.1) is 43.3 Å². The van der Waals surface area contributed by atoms with E-state index in [9.17, 15) is 14.4 Å². The Balaban J connectivity index is 1.10. The van der Waals surface area contributed by atoms with Gasteiger partial charge in [0, 0.05) is 18.9 Å². The van der Waals surface area contributed by atoms with Gasteiger partial charge in [-0.1, -0.05) is 250 Å². The van der Waals surface area contributed by atoms with E-state index in [0.29, 0.717) is 12.1 Å². The third kappa shape index (κ3) is 18.6. The molecule has 14 nitrogen and oxygen atoms in total. The Labute approximate surface area is 544 Å². The van der Waals surface area contributed by atoms with Gasteiger partial charge >= 0.3 is 0 Å². The summed E-state index contributed by atoms with van der Waals surface area (Å²) < 4.78 is 0. The van der Waals surface area contributed by atoms with Crippen LogP contribution in [0.5, 0.6) is 0 Å². The van der Waals surface area contributed by atoms with E-state index in [0.717, 1.165) is 34.0 Å². The SMILES string of the molecule is C[C@@H](c1ccccc1)C(CC(=O)N(CC(=O)N(CC(=O)N(CC(=O)N(CC(=O)N(CC(N)=O)[C@@H](C)c1ccccc1)[C@@H](C)c1ccccc1)[C@@H](C)c1ccccc1)[C@@H](C)c1ccccc1)[C@@H](C)c1ccccc1)C(=O)CNCCP(c1ccccc1)c1ccccc1. The molecule has 8 aromatic rings. The fourth-order valence-corrected chi connectivity index (χ4v) is 14.2. The number of carbonyl (C=O) groups is 7. The fourth-order valence-electron chi connectivity index (χ4n) is 11.9. The second-order valence-electron chi connectivity index (χ2n) is 23.5. The van der Waals surface area contributed by atoms with E-state index >= 15 is 19.2 Å². The predicted octanol–water partition coefficient (Wildman–Crippen LogP) is 11.5. The van der Waals surface area contributed by atoms with Crippen LogP contribution in [-0.2, 0) is 33.6 Å². The molecular formula is C77H86N7O7P. The van der Waals surface area contributed by atoms with Crippen LogP contribution in [0.15, 0.2) is 243 Å². The van der Waals surface area contributed by atoms with Gasteiger partial charge in [0.15, 0.2) is 5.78 Å². The molecule has 6 amide bonds. The predicted molar refractivity (Wildman–Crippen MR) is 367 cm³/mol. The molecule has 8 aromatic carbocycles. The summed E-state index contributed by atoms with van der Waals surface area (Å²) in [4.78, 5) is 112. The number of nitrogens with two attached hydrogens (primary N) is 1. The first-order chi connectivity index (χ1) is 44.5. The first-order valence-corrected chi connectivity index (χ1v) is 33.2. The van der Waals surface area contributed by atoms with E-state index in [4.69, 9.17) is 5.73 Å². The summed E-state index contributed by atoms with van der Waals surface area (Å²) in [6, 6.07) is 73.6. The highest BCUT2D eigenvalue weighted by molar-refractivity contribution is 7.73. The van der Waals surface area contributed by atoms with Crippen LogP contribution in [0.4, 0.5) is 0 Å². The highest BCUT2D eigenvalue weighted by Gasteiger charge is 2.38. The van der Waals surface area contributed by atoms with Crippen molar-refractivity contribution in [1.82, 2.24) is 29.8 Å². The normalized spacial score (nSPS) is 13.5. The topological polar surface area (TPSA) is 174 Å². The molecule has 15 heteroatoms. The zero-order chi connectivity index (χ0) is 65.5. The number of hydrogen-bond acceptors (Lipinski definition) is 8. The van der Waals surface area contributed by atoms with Crippen LogP contribution in [0.2, 0.25) is 0 Å². The molecule has 0 saturated heterocycles. The number of Topliss-reactive ketones (excluding diaryl/α,β-unsaturated/α-hetero) is 1. The van der Waals surface area contributed by atoms with Gasteiger partial charge in [-0.2, -0.15) is 0 Å². The first kappa shape index (κ1) is 68.5. The van der Waals surface area contributed by atoms with Crippen LogP contribution in [0.1, 0.15) is 117 Å². The molecule has 0 radical (unpaired) electrons. The minimum absolute atomic E-state index is 0.0281. The van der Waals surface area contributed by atoms with Gasteiger partial charge in [-0.25, -0.2) is 0 Å². The lowest BCUT2D eigenvalue weighted by Gasteiger charge is -2.38. The van der Waals surface area contributed by atoms with Gasteiger partial charge in [0.1, 0.15) is 26.2 Å². The Morgan fingerprint density at radius 2 is 0.598 bits per heavy atom. The monoisotopic (exact) mass is 1250 g/mol. The maximum atomic E-state index is 15.7. The Bertz CT molecular complexity index is 3600. The summed E-state index contributed by atoms with van der Waals surface area (Å²) in [6.07, 6.45) is 0.588. The van der Waals surface area contributed by atoms with E-state index in [1.54, 1.807) is 6.92 Å². The van der Waals surface area contributed by atoms with Crippen molar-refractivity contribution in [2.45, 2.75) is 84.1 Å². The van der Waals surface area contributed by atoms with E-state index in [1.807, 2.05) is 229 Å². The lowest BCUT2D eigenvalue weighted by atomic mass is 9.82. The fraction of sp³-hybridized carbons (Fsp3) is 0.286. The van der Waals surface area contributed by atoms with E-state index in [2.05, 4.69) is 53.8 Å². The number of nitrogens with one attached hydrogen (secondary N) is 1. The summed E-state index contributed by atoms with van der Waals surface area (Å²) in [5.41, 5.74) is 10.4.